The Morgan fingerprint density at radius 2 is 1.79 bits per heavy atom. The van der Waals surface area contributed by atoms with Crippen LogP contribution in [0.1, 0.15) is 29.2 Å². The van der Waals surface area contributed by atoms with Gasteiger partial charge < -0.3 is 19.9 Å². The Hall–Kier alpha value is -2.82. The van der Waals surface area contributed by atoms with Gasteiger partial charge in [-0.2, -0.15) is 0 Å². The van der Waals surface area contributed by atoms with Crippen molar-refractivity contribution in [3.63, 3.8) is 0 Å². The van der Waals surface area contributed by atoms with E-state index in [0.717, 1.165) is 37.0 Å². The Labute approximate surface area is 269 Å². The van der Waals surface area contributed by atoms with Crippen LogP contribution in [0.5, 0.6) is 0 Å². The predicted octanol–water partition coefficient (Wildman–Crippen LogP) is 6.03. The van der Waals surface area contributed by atoms with E-state index >= 15 is 0 Å². The van der Waals surface area contributed by atoms with Gasteiger partial charge in [0.25, 0.3) is 0 Å². The number of β-amino-alcohol motifs (C(OH)–C–C–N with tert-alkyl or cyclic N) is 1. The number of carbonyl (C=O) groups excluding carboxylic acids is 2. The number of aliphatic hydroxyl groups is 1. The van der Waals surface area contributed by atoms with E-state index in [1.165, 1.54) is 11.8 Å². The van der Waals surface area contributed by atoms with Crippen LogP contribution in [0.15, 0.2) is 82.3 Å². The van der Waals surface area contributed by atoms with Gasteiger partial charge in [-0.1, -0.05) is 63.4 Å². The molecule has 43 heavy (non-hydrogen) atoms. The summed E-state index contributed by atoms with van der Waals surface area (Å²) in [7, 11) is 0. The standard InChI is InChI=1S/C33H34BrClN4O3S/c1-22-2-9-26(10-3-22)43-33(32(42)38-14-12-37(13-15-38)16-17-40)19-30(41)39(21-23-4-6-24(34)7-5-23)31(33)28-20-36-29-18-25(35)8-11-27(28)29/h2-11,18,20,31,36,40H,12-17,19,21H2,1H3/t31-,33?/m0/s1. The molecule has 10 heteroatoms. The second-order valence-corrected chi connectivity index (χ2v) is 14.1. The van der Waals surface area contributed by atoms with Crippen LogP contribution in [0, 0.1) is 6.92 Å². The highest BCUT2D eigenvalue weighted by atomic mass is 79.9. The average Bonchev–Trinajstić information content (AvgIpc) is 3.53. The van der Waals surface area contributed by atoms with E-state index in [1.54, 1.807) is 0 Å². The molecule has 4 aromatic rings. The molecule has 2 atom stereocenters. The molecule has 3 aromatic carbocycles. The van der Waals surface area contributed by atoms with Gasteiger partial charge in [0.15, 0.2) is 0 Å². The van der Waals surface area contributed by atoms with Gasteiger partial charge in [0.2, 0.25) is 11.8 Å². The molecule has 0 aliphatic carbocycles. The molecule has 224 valence electrons. The summed E-state index contributed by atoms with van der Waals surface area (Å²) < 4.78 is -0.135. The van der Waals surface area contributed by atoms with E-state index in [1.807, 2.05) is 89.7 Å². The van der Waals surface area contributed by atoms with Gasteiger partial charge in [-0.25, -0.2) is 0 Å². The zero-order valence-electron chi connectivity index (χ0n) is 23.9. The predicted molar refractivity (Wildman–Crippen MR) is 175 cm³/mol. The number of rotatable bonds is 8. The topological polar surface area (TPSA) is 79.9 Å². The van der Waals surface area contributed by atoms with Crippen LogP contribution in [-0.4, -0.2) is 80.7 Å². The average molecular weight is 682 g/mol. The minimum absolute atomic E-state index is 0.0262. The number of thioether (sulfide) groups is 1. The van der Waals surface area contributed by atoms with Crippen molar-refractivity contribution in [3.8, 4) is 0 Å². The fourth-order valence-corrected chi connectivity index (χ4v) is 8.19. The van der Waals surface area contributed by atoms with E-state index in [4.69, 9.17) is 11.6 Å². The van der Waals surface area contributed by atoms with E-state index in [9.17, 15) is 14.7 Å². The van der Waals surface area contributed by atoms with Gasteiger partial charge >= 0.3 is 0 Å². The van der Waals surface area contributed by atoms with Crippen LogP contribution in [0.3, 0.4) is 0 Å². The lowest BCUT2D eigenvalue weighted by molar-refractivity contribution is -0.136. The third kappa shape index (κ3) is 6.11. The summed E-state index contributed by atoms with van der Waals surface area (Å²) in [6.07, 6.45) is 2.03. The second-order valence-electron chi connectivity index (χ2n) is 11.3. The smallest absolute Gasteiger partial charge is 0.242 e. The van der Waals surface area contributed by atoms with Crippen molar-refractivity contribution in [1.29, 1.82) is 0 Å². The van der Waals surface area contributed by atoms with E-state index < -0.39 is 10.8 Å². The molecular weight excluding hydrogens is 648 g/mol. The van der Waals surface area contributed by atoms with Crippen molar-refractivity contribution in [1.82, 2.24) is 19.7 Å². The molecule has 6 rings (SSSR count). The second kappa shape index (κ2) is 12.7. The van der Waals surface area contributed by atoms with Gasteiger partial charge in [-0.3, -0.25) is 14.5 Å². The van der Waals surface area contributed by atoms with Crippen LogP contribution in [-0.2, 0) is 16.1 Å². The lowest BCUT2D eigenvalue weighted by atomic mass is 9.90. The summed E-state index contributed by atoms with van der Waals surface area (Å²) in [4.78, 5) is 39.5. The van der Waals surface area contributed by atoms with Crippen molar-refractivity contribution in [2.45, 2.75) is 35.6 Å². The molecular formula is C33H34BrClN4O3S. The molecule has 2 aliphatic rings. The fourth-order valence-electron chi connectivity index (χ4n) is 6.28. The number of piperazine rings is 1. The van der Waals surface area contributed by atoms with Crippen LogP contribution >= 0.6 is 39.3 Å². The number of H-pyrrole nitrogens is 1. The minimum atomic E-state index is -1.10. The number of hydrogen-bond donors (Lipinski definition) is 2. The zero-order valence-corrected chi connectivity index (χ0v) is 27.1. The maximum absolute atomic E-state index is 15.0. The summed E-state index contributed by atoms with van der Waals surface area (Å²) in [6, 6.07) is 21.3. The first-order chi connectivity index (χ1) is 20.8. The molecule has 0 saturated carbocycles. The Bertz CT molecular complexity index is 1620. The lowest BCUT2D eigenvalue weighted by Crippen LogP contribution is -2.56. The minimum Gasteiger partial charge on any atom is -0.395 e. The summed E-state index contributed by atoms with van der Waals surface area (Å²) in [5, 5.41) is 11.0. The van der Waals surface area contributed by atoms with E-state index in [-0.39, 0.29) is 24.8 Å². The molecule has 0 radical (unpaired) electrons. The number of fused-ring (bicyclic) bond motifs is 1. The number of carbonyl (C=O) groups is 2. The number of nitrogens with zero attached hydrogens (tertiary/aromatic N) is 3. The molecule has 2 fully saturated rings. The SMILES string of the molecule is Cc1ccc(SC2(C(=O)N3CCN(CCO)CC3)CC(=O)N(Cc3ccc(Br)cc3)[C@H]2c2c[nH]c3cc(Cl)ccc23)cc1. The van der Waals surface area contributed by atoms with Gasteiger partial charge in [0.1, 0.15) is 4.75 Å². The van der Waals surface area contributed by atoms with Crippen molar-refractivity contribution in [2.75, 3.05) is 39.3 Å². The Kier molecular flexibility index (Phi) is 8.89. The quantitative estimate of drug-likeness (QED) is 0.238. The molecule has 2 N–H and O–H groups in total. The summed E-state index contributed by atoms with van der Waals surface area (Å²) in [6.45, 7) is 5.57. The highest BCUT2D eigenvalue weighted by molar-refractivity contribution is 9.10. The number of aromatic nitrogens is 1. The number of hydrogen-bond acceptors (Lipinski definition) is 5. The van der Waals surface area contributed by atoms with Crippen molar-refractivity contribution >= 4 is 62.0 Å². The molecule has 2 amide bonds. The van der Waals surface area contributed by atoms with Crippen LogP contribution in [0.25, 0.3) is 10.9 Å². The molecule has 1 unspecified atom stereocenters. The summed E-state index contributed by atoms with van der Waals surface area (Å²) >= 11 is 11.4. The monoisotopic (exact) mass is 680 g/mol. The number of likely N-dealkylation sites (tertiary alicyclic amines) is 1. The molecule has 0 bridgehead atoms. The number of aryl methyl sites for hydroxylation is 1. The maximum atomic E-state index is 15.0. The summed E-state index contributed by atoms with van der Waals surface area (Å²) in [5.74, 6) is -0.0789. The molecule has 2 saturated heterocycles. The van der Waals surface area contributed by atoms with Gasteiger partial charge in [-0.05, 0) is 48.9 Å². The number of nitrogens with one attached hydrogen (secondary N) is 1. The normalized spacial score (nSPS) is 21.2. The first-order valence-electron chi connectivity index (χ1n) is 14.5. The maximum Gasteiger partial charge on any atom is 0.242 e. The van der Waals surface area contributed by atoms with Crippen molar-refractivity contribution in [2.24, 2.45) is 0 Å². The number of amides is 2. The highest BCUT2D eigenvalue weighted by Crippen LogP contribution is 2.55. The number of benzene rings is 3. The Morgan fingerprint density at radius 1 is 1.07 bits per heavy atom. The van der Waals surface area contributed by atoms with Crippen LogP contribution in [0.2, 0.25) is 5.02 Å². The molecule has 0 spiro atoms. The highest BCUT2D eigenvalue weighted by Gasteiger charge is 2.59. The lowest BCUT2D eigenvalue weighted by Gasteiger charge is -2.42. The third-order valence-corrected chi connectivity index (χ3v) is 10.7. The van der Waals surface area contributed by atoms with Gasteiger partial charge in [0, 0.05) is 76.3 Å². The number of aromatic amines is 1. The van der Waals surface area contributed by atoms with E-state index in [2.05, 4.69) is 25.8 Å². The van der Waals surface area contributed by atoms with Crippen LogP contribution < -0.4 is 0 Å². The van der Waals surface area contributed by atoms with Gasteiger partial charge in [-0.15, -0.1) is 11.8 Å². The number of aliphatic hydroxyl groups excluding tert-OH is 1. The zero-order chi connectivity index (χ0) is 30.1. The van der Waals surface area contributed by atoms with E-state index in [0.29, 0.717) is 44.3 Å². The van der Waals surface area contributed by atoms with Gasteiger partial charge in [0.05, 0.1) is 19.1 Å². The third-order valence-electron chi connectivity index (χ3n) is 8.48. The molecule has 2 aliphatic heterocycles. The van der Waals surface area contributed by atoms with Crippen LogP contribution in [0.4, 0.5) is 0 Å². The number of halogens is 2. The summed E-state index contributed by atoms with van der Waals surface area (Å²) in [5.41, 5.74) is 3.89. The first-order valence-corrected chi connectivity index (χ1v) is 16.4. The Balaban J connectivity index is 1.48. The fraction of sp³-hybridized carbons (Fsp3) is 0.333. The Morgan fingerprint density at radius 3 is 2.49 bits per heavy atom. The first kappa shape index (κ1) is 30.2. The molecule has 7 nitrogen and oxygen atoms in total. The van der Waals surface area contributed by atoms with Crippen molar-refractivity contribution < 1.29 is 14.7 Å². The largest absolute Gasteiger partial charge is 0.395 e. The molecule has 3 heterocycles. The van der Waals surface area contributed by atoms with Crippen molar-refractivity contribution in [3.05, 3.63) is 99.1 Å². The molecule has 1 aromatic heterocycles.